The molecule has 2 amide bonds. The lowest BCUT2D eigenvalue weighted by molar-refractivity contribution is -0.120. The molecule has 11 heteroatoms. The van der Waals surface area contributed by atoms with Crippen LogP contribution in [-0.2, 0) is 47.2 Å². The number of nitrogens with zero attached hydrogens (tertiary/aromatic N) is 3. The molecular weight excluding hydrogens is 498 g/mol. The Morgan fingerprint density at radius 3 is 2.67 bits per heavy atom. The van der Waals surface area contributed by atoms with Crippen molar-refractivity contribution in [3.05, 3.63) is 57.7 Å². The van der Waals surface area contributed by atoms with Gasteiger partial charge in [-0.15, -0.1) is 21.5 Å². The Labute approximate surface area is 218 Å². The van der Waals surface area contributed by atoms with Crippen LogP contribution in [0.3, 0.4) is 0 Å². The molecule has 1 aliphatic rings. The monoisotopic (exact) mass is 527 g/mol. The van der Waals surface area contributed by atoms with Crippen molar-refractivity contribution >= 4 is 45.9 Å². The van der Waals surface area contributed by atoms with Crippen molar-refractivity contribution in [3.8, 4) is 0 Å². The first-order valence-electron chi connectivity index (χ1n) is 11.9. The molecule has 36 heavy (non-hydrogen) atoms. The summed E-state index contributed by atoms with van der Waals surface area (Å²) in [4.78, 5) is 38.7. The predicted molar refractivity (Wildman–Crippen MR) is 139 cm³/mol. The molecule has 0 saturated carbocycles. The van der Waals surface area contributed by atoms with Crippen molar-refractivity contribution in [2.24, 2.45) is 7.05 Å². The van der Waals surface area contributed by atoms with E-state index < -0.39 is 0 Å². The fourth-order valence-electron chi connectivity index (χ4n) is 4.01. The lowest BCUT2D eigenvalue weighted by atomic mass is 9.95. The zero-order valence-corrected chi connectivity index (χ0v) is 22.0. The number of thiophene rings is 1. The molecule has 190 valence electrons. The minimum atomic E-state index is -0.382. The van der Waals surface area contributed by atoms with Gasteiger partial charge in [-0.3, -0.25) is 9.59 Å². The van der Waals surface area contributed by atoms with Gasteiger partial charge in [0.25, 0.3) is 0 Å². The average molecular weight is 528 g/mol. The van der Waals surface area contributed by atoms with Gasteiger partial charge >= 0.3 is 5.97 Å². The highest BCUT2D eigenvalue weighted by Gasteiger charge is 2.27. The van der Waals surface area contributed by atoms with Gasteiger partial charge in [0.1, 0.15) is 5.00 Å². The maximum absolute atomic E-state index is 12.7. The second-order valence-electron chi connectivity index (χ2n) is 8.37. The predicted octanol–water partition coefficient (Wildman–Crippen LogP) is 3.52. The zero-order valence-electron chi connectivity index (χ0n) is 20.3. The van der Waals surface area contributed by atoms with Gasteiger partial charge in [-0.1, -0.05) is 42.1 Å². The summed E-state index contributed by atoms with van der Waals surface area (Å²) in [6.07, 6.45) is 4.15. The van der Waals surface area contributed by atoms with Crippen molar-refractivity contribution in [3.63, 3.8) is 0 Å². The second-order valence-corrected chi connectivity index (χ2v) is 10.4. The molecule has 0 aliphatic heterocycles. The fourth-order valence-corrected chi connectivity index (χ4v) is 6.04. The number of benzene rings is 1. The van der Waals surface area contributed by atoms with Gasteiger partial charge in [0.15, 0.2) is 11.0 Å². The van der Waals surface area contributed by atoms with Crippen LogP contribution in [0.5, 0.6) is 0 Å². The summed E-state index contributed by atoms with van der Waals surface area (Å²) < 4.78 is 7.01. The van der Waals surface area contributed by atoms with Crippen LogP contribution in [-0.4, -0.2) is 44.9 Å². The van der Waals surface area contributed by atoms with Crippen molar-refractivity contribution in [2.45, 2.75) is 50.7 Å². The van der Waals surface area contributed by atoms with Crippen LogP contribution in [0.15, 0.2) is 35.5 Å². The number of hydrogen-bond acceptors (Lipinski definition) is 8. The van der Waals surface area contributed by atoms with Crippen LogP contribution in [0.1, 0.15) is 52.0 Å². The van der Waals surface area contributed by atoms with E-state index in [1.165, 1.54) is 23.1 Å². The molecule has 1 aliphatic carbocycles. The van der Waals surface area contributed by atoms with Crippen molar-refractivity contribution < 1.29 is 19.1 Å². The number of amides is 2. The molecule has 0 atom stereocenters. The number of thioether (sulfide) groups is 1. The lowest BCUT2D eigenvalue weighted by Gasteiger charge is -2.12. The Bertz CT molecular complexity index is 1240. The van der Waals surface area contributed by atoms with E-state index in [0.29, 0.717) is 28.0 Å². The van der Waals surface area contributed by atoms with E-state index in [2.05, 4.69) is 20.8 Å². The van der Waals surface area contributed by atoms with E-state index in [4.69, 9.17) is 4.74 Å². The van der Waals surface area contributed by atoms with E-state index in [-0.39, 0.29) is 36.7 Å². The van der Waals surface area contributed by atoms with E-state index in [0.717, 1.165) is 41.7 Å². The Morgan fingerprint density at radius 2 is 1.89 bits per heavy atom. The van der Waals surface area contributed by atoms with Crippen molar-refractivity contribution in [2.75, 3.05) is 17.7 Å². The Hall–Kier alpha value is -3.18. The normalized spacial score (nSPS) is 12.6. The number of ether oxygens (including phenoxy) is 1. The maximum atomic E-state index is 12.7. The zero-order chi connectivity index (χ0) is 25.5. The molecule has 0 saturated heterocycles. The van der Waals surface area contributed by atoms with E-state index in [1.807, 2.05) is 30.3 Å². The van der Waals surface area contributed by atoms with E-state index >= 15 is 0 Å². The van der Waals surface area contributed by atoms with Gasteiger partial charge in [0.2, 0.25) is 11.8 Å². The highest BCUT2D eigenvalue weighted by Crippen LogP contribution is 2.38. The van der Waals surface area contributed by atoms with Crippen LogP contribution < -0.4 is 10.6 Å². The third kappa shape index (κ3) is 6.33. The number of esters is 1. The first kappa shape index (κ1) is 25.9. The Balaban J connectivity index is 1.32. The van der Waals surface area contributed by atoms with Crippen LogP contribution in [0, 0.1) is 0 Å². The highest BCUT2D eigenvalue weighted by molar-refractivity contribution is 7.99. The third-order valence-electron chi connectivity index (χ3n) is 5.81. The number of aryl methyl sites for hydroxylation is 1. The van der Waals surface area contributed by atoms with Crippen molar-refractivity contribution in [1.82, 2.24) is 20.1 Å². The summed E-state index contributed by atoms with van der Waals surface area (Å²) in [5.41, 5.74) is 2.45. The number of aromatic nitrogens is 3. The van der Waals surface area contributed by atoms with Gasteiger partial charge in [0, 0.05) is 11.9 Å². The maximum Gasteiger partial charge on any atom is 0.341 e. The first-order chi connectivity index (χ1) is 17.5. The molecule has 2 aromatic heterocycles. The van der Waals surface area contributed by atoms with E-state index in [1.54, 1.807) is 18.5 Å². The molecule has 2 N–H and O–H groups in total. The average Bonchev–Trinajstić information content (AvgIpc) is 3.41. The van der Waals surface area contributed by atoms with Gasteiger partial charge in [-0.05, 0) is 43.7 Å². The molecule has 0 unspecified atom stereocenters. The smallest absolute Gasteiger partial charge is 0.341 e. The minimum absolute atomic E-state index is 0.103. The SMILES string of the molecule is CCOC(=O)c1c(NC(=O)CSc2nnc(CNC(=O)Cc3ccccc3)n2C)sc2c1CCCC2. The summed E-state index contributed by atoms with van der Waals surface area (Å²) in [5.74, 6) is -0.0161. The molecule has 3 aromatic rings. The summed E-state index contributed by atoms with van der Waals surface area (Å²) in [7, 11) is 1.80. The van der Waals surface area contributed by atoms with Gasteiger partial charge in [-0.2, -0.15) is 0 Å². The Kier molecular flexibility index (Phi) is 8.76. The summed E-state index contributed by atoms with van der Waals surface area (Å²) in [6.45, 7) is 2.30. The molecular formula is C25H29N5O4S2. The fraction of sp³-hybridized carbons (Fsp3) is 0.400. The van der Waals surface area contributed by atoms with Crippen LogP contribution in [0.4, 0.5) is 5.00 Å². The number of nitrogens with one attached hydrogen (secondary N) is 2. The number of carbonyl (C=O) groups excluding carboxylic acids is 3. The second kappa shape index (κ2) is 12.2. The number of rotatable bonds is 10. The summed E-state index contributed by atoms with van der Waals surface area (Å²) in [5, 5.41) is 15.2. The lowest BCUT2D eigenvalue weighted by Crippen LogP contribution is -2.26. The molecule has 2 heterocycles. The van der Waals surface area contributed by atoms with Crippen LogP contribution in [0.2, 0.25) is 0 Å². The standard InChI is InChI=1S/C25H29N5O4S2/c1-3-34-24(33)22-17-11-7-8-12-18(17)36-23(22)27-21(32)15-35-25-29-28-19(30(25)2)14-26-20(31)13-16-9-5-4-6-10-16/h4-6,9-10H,3,7-8,11-15H2,1-2H3,(H,26,31)(H,27,32). The molecule has 4 rings (SSSR count). The number of carbonyl (C=O) groups is 3. The summed E-state index contributed by atoms with van der Waals surface area (Å²) in [6, 6.07) is 9.52. The molecule has 1 aromatic carbocycles. The minimum Gasteiger partial charge on any atom is -0.462 e. The number of hydrogen-bond donors (Lipinski definition) is 2. The van der Waals surface area contributed by atoms with Crippen molar-refractivity contribution in [1.29, 1.82) is 0 Å². The molecule has 9 nitrogen and oxygen atoms in total. The molecule has 0 bridgehead atoms. The largest absolute Gasteiger partial charge is 0.462 e. The molecule has 0 fully saturated rings. The quantitative estimate of drug-likeness (QED) is 0.306. The first-order valence-corrected chi connectivity index (χ1v) is 13.7. The van der Waals surface area contributed by atoms with Gasteiger partial charge in [0.05, 0.1) is 30.9 Å². The van der Waals surface area contributed by atoms with Crippen LogP contribution >= 0.6 is 23.1 Å². The third-order valence-corrected chi connectivity index (χ3v) is 8.04. The topological polar surface area (TPSA) is 115 Å². The number of fused-ring (bicyclic) bond motifs is 1. The van der Waals surface area contributed by atoms with Gasteiger partial charge in [-0.25, -0.2) is 4.79 Å². The highest BCUT2D eigenvalue weighted by atomic mass is 32.2. The molecule has 0 spiro atoms. The Morgan fingerprint density at radius 1 is 1.11 bits per heavy atom. The van der Waals surface area contributed by atoms with E-state index in [9.17, 15) is 14.4 Å². The summed E-state index contributed by atoms with van der Waals surface area (Å²) >= 11 is 2.71. The molecule has 0 radical (unpaired) electrons. The van der Waals surface area contributed by atoms with Crippen LogP contribution in [0.25, 0.3) is 0 Å². The number of anilines is 1. The van der Waals surface area contributed by atoms with Gasteiger partial charge < -0.3 is 19.9 Å².